The predicted molar refractivity (Wildman–Crippen MR) is 133 cm³/mol. The fourth-order valence-electron chi connectivity index (χ4n) is 4.27. The smallest absolute Gasteiger partial charge is 0.407 e. The van der Waals surface area contributed by atoms with Gasteiger partial charge >= 0.3 is 18.0 Å². The second-order valence-corrected chi connectivity index (χ2v) is 8.39. The number of ether oxygens (including phenoxy) is 3. The van der Waals surface area contributed by atoms with E-state index in [1.54, 1.807) is 12.1 Å². The molecular weight excluding hydrogens is 478 g/mol. The van der Waals surface area contributed by atoms with Crippen molar-refractivity contribution in [2.75, 3.05) is 20.3 Å². The van der Waals surface area contributed by atoms with Crippen molar-refractivity contribution in [1.82, 2.24) is 5.32 Å². The lowest BCUT2D eigenvalue weighted by Gasteiger charge is -2.18. The summed E-state index contributed by atoms with van der Waals surface area (Å²) in [6, 6.07) is 20.4. The molecule has 3 aromatic carbocycles. The van der Waals surface area contributed by atoms with Crippen molar-refractivity contribution in [3.63, 3.8) is 0 Å². The summed E-state index contributed by atoms with van der Waals surface area (Å²) < 4.78 is 15.5. The number of methoxy groups -OCH3 is 1. The van der Waals surface area contributed by atoms with Crippen molar-refractivity contribution in [2.45, 2.75) is 18.4 Å². The maximum atomic E-state index is 12.6. The summed E-state index contributed by atoms with van der Waals surface area (Å²) in [5, 5.41) is 11.5. The number of amides is 1. The van der Waals surface area contributed by atoms with Crippen molar-refractivity contribution in [3.05, 3.63) is 89.5 Å². The molecular formula is C28H25NO8. The van der Waals surface area contributed by atoms with E-state index in [4.69, 9.17) is 14.2 Å². The van der Waals surface area contributed by atoms with Crippen LogP contribution in [0.25, 0.3) is 11.1 Å². The first kappa shape index (κ1) is 25.4. The number of ketones is 1. The minimum Gasteiger partial charge on any atom is -0.497 e. The Morgan fingerprint density at radius 1 is 0.892 bits per heavy atom. The van der Waals surface area contributed by atoms with Gasteiger partial charge < -0.3 is 24.6 Å². The maximum absolute atomic E-state index is 12.6. The second-order valence-electron chi connectivity index (χ2n) is 8.39. The number of carboxylic acid groups (broad SMARTS) is 1. The Morgan fingerprint density at radius 2 is 1.54 bits per heavy atom. The standard InChI is InChI=1S/C28H25NO8/c1-35-18-8-6-7-17(13-18)27(33)36-16-25(30)24(14-26(31)32)29-28(34)37-15-23-21-11-4-2-9-19(21)20-10-3-5-12-22(20)23/h2-13,23-24H,14-16H2,1H3,(H,29,34)(H,31,32)/t24-/m0/s1. The molecule has 1 atom stereocenters. The van der Waals surface area contributed by atoms with E-state index in [-0.39, 0.29) is 18.1 Å². The topological polar surface area (TPSA) is 128 Å². The van der Waals surface area contributed by atoms with Crippen LogP contribution in [0.4, 0.5) is 4.79 Å². The molecule has 0 fully saturated rings. The highest BCUT2D eigenvalue weighted by atomic mass is 16.6. The Kier molecular flexibility index (Phi) is 7.83. The normalized spacial score (nSPS) is 12.6. The molecule has 0 saturated heterocycles. The molecule has 0 saturated carbocycles. The molecule has 1 aliphatic carbocycles. The summed E-state index contributed by atoms with van der Waals surface area (Å²) in [6.07, 6.45) is -1.64. The number of alkyl carbamates (subject to hydrolysis) is 1. The minimum atomic E-state index is -1.44. The van der Waals surface area contributed by atoms with E-state index in [2.05, 4.69) is 5.32 Å². The predicted octanol–water partition coefficient (Wildman–Crippen LogP) is 3.80. The molecule has 190 valence electrons. The fourth-order valence-corrected chi connectivity index (χ4v) is 4.27. The third-order valence-corrected chi connectivity index (χ3v) is 6.05. The van der Waals surface area contributed by atoms with Gasteiger partial charge in [-0.2, -0.15) is 0 Å². The Labute approximate surface area is 213 Å². The minimum absolute atomic E-state index is 0.00132. The van der Waals surface area contributed by atoms with Gasteiger partial charge in [0.25, 0.3) is 0 Å². The highest BCUT2D eigenvalue weighted by Crippen LogP contribution is 2.44. The van der Waals surface area contributed by atoms with E-state index in [0.717, 1.165) is 22.3 Å². The van der Waals surface area contributed by atoms with E-state index >= 15 is 0 Å². The number of hydrogen-bond acceptors (Lipinski definition) is 7. The van der Waals surface area contributed by atoms with Crippen molar-refractivity contribution in [1.29, 1.82) is 0 Å². The Hall–Kier alpha value is -4.66. The molecule has 9 heteroatoms. The van der Waals surface area contributed by atoms with Crippen molar-refractivity contribution >= 4 is 23.8 Å². The Balaban J connectivity index is 1.36. The van der Waals surface area contributed by atoms with Gasteiger partial charge in [0.15, 0.2) is 12.4 Å². The number of benzene rings is 3. The third-order valence-electron chi connectivity index (χ3n) is 6.05. The van der Waals surface area contributed by atoms with Crippen LogP contribution >= 0.6 is 0 Å². The van der Waals surface area contributed by atoms with Crippen LogP contribution in [0.2, 0.25) is 0 Å². The first-order valence-corrected chi connectivity index (χ1v) is 11.5. The number of Topliss-reactive ketones (excluding diaryl/α,β-unsaturated/α-hetero) is 1. The zero-order valence-electron chi connectivity index (χ0n) is 20.0. The van der Waals surface area contributed by atoms with Gasteiger partial charge in [-0.3, -0.25) is 9.59 Å². The molecule has 0 aliphatic heterocycles. The molecule has 0 spiro atoms. The largest absolute Gasteiger partial charge is 0.497 e. The first-order valence-electron chi connectivity index (χ1n) is 11.5. The van der Waals surface area contributed by atoms with Gasteiger partial charge in [-0.15, -0.1) is 0 Å². The lowest BCUT2D eigenvalue weighted by atomic mass is 9.98. The summed E-state index contributed by atoms with van der Waals surface area (Å²) >= 11 is 0. The van der Waals surface area contributed by atoms with Gasteiger partial charge in [0.2, 0.25) is 0 Å². The number of carboxylic acids is 1. The highest BCUT2D eigenvalue weighted by Gasteiger charge is 2.30. The number of hydrogen-bond donors (Lipinski definition) is 2. The third kappa shape index (κ3) is 5.95. The van der Waals surface area contributed by atoms with E-state index in [0.29, 0.717) is 5.75 Å². The average molecular weight is 504 g/mol. The highest BCUT2D eigenvalue weighted by molar-refractivity contribution is 5.95. The summed E-state index contributed by atoms with van der Waals surface area (Å²) in [7, 11) is 1.44. The van der Waals surface area contributed by atoms with Crippen molar-refractivity contribution in [3.8, 4) is 16.9 Å². The number of fused-ring (bicyclic) bond motifs is 3. The zero-order chi connectivity index (χ0) is 26.4. The van der Waals surface area contributed by atoms with Crippen LogP contribution < -0.4 is 10.1 Å². The summed E-state index contributed by atoms with van der Waals surface area (Å²) in [6.45, 7) is -0.726. The number of rotatable bonds is 10. The molecule has 0 aromatic heterocycles. The molecule has 1 aliphatic rings. The molecule has 0 radical (unpaired) electrons. The monoisotopic (exact) mass is 503 g/mol. The second kappa shape index (κ2) is 11.4. The van der Waals surface area contributed by atoms with E-state index < -0.39 is 42.9 Å². The van der Waals surface area contributed by atoms with Gasteiger partial charge in [-0.25, -0.2) is 9.59 Å². The van der Waals surface area contributed by atoms with Crippen molar-refractivity contribution in [2.24, 2.45) is 0 Å². The molecule has 2 N–H and O–H groups in total. The number of carbonyl (C=O) groups is 4. The van der Waals surface area contributed by atoms with Crippen LogP contribution in [0.1, 0.15) is 33.8 Å². The van der Waals surface area contributed by atoms with Crippen LogP contribution in [0.5, 0.6) is 5.75 Å². The number of nitrogens with one attached hydrogen (secondary N) is 1. The van der Waals surface area contributed by atoms with Gasteiger partial charge in [0.1, 0.15) is 18.4 Å². The average Bonchev–Trinajstić information content (AvgIpc) is 3.23. The molecule has 37 heavy (non-hydrogen) atoms. The van der Waals surface area contributed by atoms with Crippen LogP contribution in [0.15, 0.2) is 72.8 Å². The van der Waals surface area contributed by atoms with Crippen LogP contribution in [0, 0.1) is 0 Å². The Morgan fingerprint density at radius 3 is 2.16 bits per heavy atom. The van der Waals surface area contributed by atoms with Gasteiger partial charge in [0.05, 0.1) is 19.1 Å². The number of esters is 1. The number of carbonyl (C=O) groups excluding carboxylic acids is 3. The van der Waals surface area contributed by atoms with E-state index in [1.807, 2.05) is 48.5 Å². The fraction of sp³-hybridized carbons (Fsp3) is 0.214. The molecule has 0 heterocycles. The lowest BCUT2D eigenvalue weighted by molar-refractivity contribution is -0.139. The van der Waals surface area contributed by atoms with Gasteiger partial charge in [-0.05, 0) is 40.5 Å². The summed E-state index contributed by atoms with van der Waals surface area (Å²) in [4.78, 5) is 48.8. The Bertz CT molecular complexity index is 1290. The first-order chi connectivity index (χ1) is 17.9. The molecule has 1 amide bonds. The SMILES string of the molecule is COc1cccc(C(=O)OCC(=O)[C@H](CC(=O)O)NC(=O)OCC2c3ccccc3-c3ccccc32)c1. The molecule has 0 bridgehead atoms. The molecule has 0 unspecified atom stereocenters. The summed E-state index contributed by atoms with van der Waals surface area (Å²) in [5.74, 6) is -2.65. The van der Waals surface area contributed by atoms with Crippen LogP contribution in [-0.4, -0.2) is 55.3 Å². The van der Waals surface area contributed by atoms with Gasteiger partial charge in [0, 0.05) is 5.92 Å². The number of aliphatic carboxylic acids is 1. The van der Waals surface area contributed by atoms with Crippen LogP contribution in [0.3, 0.4) is 0 Å². The quantitative estimate of drug-likeness (QED) is 0.400. The van der Waals surface area contributed by atoms with Crippen molar-refractivity contribution < 1.29 is 38.5 Å². The van der Waals surface area contributed by atoms with Gasteiger partial charge in [-0.1, -0.05) is 54.6 Å². The summed E-state index contributed by atoms with van der Waals surface area (Å²) in [5.41, 5.74) is 4.30. The zero-order valence-corrected chi connectivity index (χ0v) is 20.0. The molecule has 4 rings (SSSR count). The maximum Gasteiger partial charge on any atom is 0.407 e. The molecule has 9 nitrogen and oxygen atoms in total. The van der Waals surface area contributed by atoms with E-state index in [1.165, 1.54) is 19.2 Å². The van der Waals surface area contributed by atoms with Crippen LogP contribution in [-0.2, 0) is 19.1 Å². The lowest BCUT2D eigenvalue weighted by Crippen LogP contribution is -2.44. The van der Waals surface area contributed by atoms with E-state index in [9.17, 15) is 24.3 Å². The molecule has 3 aromatic rings.